The van der Waals surface area contributed by atoms with Crippen molar-refractivity contribution in [2.75, 3.05) is 33.0 Å². The molecule has 2 amide bonds. The van der Waals surface area contributed by atoms with Crippen LogP contribution in [0.15, 0.2) is 0 Å². The molecule has 2 fully saturated rings. The highest BCUT2D eigenvalue weighted by molar-refractivity contribution is 5.76. The maximum Gasteiger partial charge on any atom is 0.331 e. The van der Waals surface area contributed by atoms with Gasteiger partial charge in [0.15, 0.2) is 12.6 Å². The van der Waals surface area contributed by atoms with Gasteiger partial charge in [-0.25, -0.2) is 4.79 Å². The molecule has 13 N–H and O–H groups in total. The zero-order valence-corrected chi connectivity index (χ0v) is 82.8. The molecule has 2 rings (SSSR count). The number of rotatable bonds is 92. The Morgan fingerprint density at radius 2 is 0.477 bits per heavy atom. The van der Waals surface area contributed by atoms with Crippen LogP contribution in [0.2, 0.25) is 0 Å². The monoisotopic (exact) mass is 1830 g/mol. The zero-order valence-electron chi connectivity index (χ0n) is 82.8. The number of hydrogen-bond donors (Lipinski definition) is 13. The Bertz CT molecular complexity index is 2260. The fourth-order valence-electron chi connectivity index (χ4n) is 17.7. The van der Waals surface area contributed by atoms with Crippen molar-refractivity contribution in [1.29, 1.82) is 0 Å². The summed E-state index contributed by atoms with van der Waals surface area (Å²) in [6.45, 7) is 8.22. The molecule has 2 aliphatic rings. The Hall–Kier alpha value is -2.72. The molecule has 0 aliphatic carbocycles. The number of unbranched alkanes of at least 4 members (excludes halogenated alkanes) is 66. The van der Waals surface area contributed by atoms with Crippen molar-refractivity contribution in [1.82, 2.24) is 10.6 Å². The number of amides is 2. The number of carbonyl (C=O) groups excluding carboxylic acids is 4. The number of aliphatic hydroxyl groups excluding tert-OH is 11. The highest BCUT2D eigenvalue weighted by Gasteiger charge is 2.47. The lowest BCUT2D eigenvalue weighted by molar-refractivity contribution is -0.303. The van der Waals surface area contributed by atoms with Gasteiger partial charge in [-0.05, 0) is 25.7 Å². The molecule has 760 valence electrons. The van der Waals surface area contributed by atoms with Gasteiger partial charge in [0, 0.05) is 19.3 Å². The summed E-state index contributed by atoms with van der Waals surface area (Å²) in [5.41, 5.74) is 0. The van der Waals surface area contributed by atoms with E-state index in [-0.39, 0.29) is 50.9 Å². The quantitative estimate of drug-likeness (QED) is 0.0199. The van der Waals surface area contributed by atoms with Gasteiger partial charge in [0.1, 0.15) is 80.9 Å². The summed E-state index contributed by atoms with van der Waals surface area (Å²) in [6, 6.07) is -2.06. The van der Waals surface area contributed by atoms with Gasteiger partial charge in [0.2, 0.25) is 11.8 Å². The highest BCUT2D eigenvalue weighted by atomic mass is 16.7. The SMILES string of the molecule is CCCCCCCCCCCCCCCCCCCCCCCCCC(=O)N[C@@H](CO[C@H]1O[C@H](COC(=O)CC)[C@H](O)[C@H](O)[C@H]1O)[C@H](O)[C@H](O)CCCCCCCCCCCCCC.CCCCCCCCCCCCCCCCCCCCCCCCCC(=O)N[C@@H](CO[C@H]1O[C@H](COC(=O)CO)[C@H](O)[C@H](O)[C@H]1O)[C@H](O)[C@H](O)CCCCCCCCCCCCCC. The highest BCUT2D eigenvalue weighted by Crippen LogP contribution is 2.28. The molecule has 0 aromatic rings. The summed E-state index contributed by atoms with van der Waals surface area (Å²) in [5, 5.41) is 122. The lowest BCUT2D eigenvalue weighted by Gasteiger charge is -2.40. The first kappa shape index (κ1) is 123. The Labute approximate surface area is 781 Å². The zero-order chi connectivity index (χ0) is 93.8. The average Bonchev–Trinajstić information content (AvgIpc) is 0.818. The lowest BCUT2D eigenvalue weighted by atomic mass is 9.98. The fraction of sp³-hybridized carbons (Fsp3) is 0.962. The van der Waals surface area contributed by atoms with E-state index >= 15 is 0 Å². The van der Waals surface area contributed by atoms with Crippen LogP contribution in [0.3, 0.4) is 0 Å². The second-order valence-corrected chi connectivity index (χ2v) is 38.4. The summed E-state index contributed by atoms with van der Waals surface area (Å²) in [6.07, 6.45) is 69.4. The van der Waals surface area contributed by atoms with Crippen molar-refractivity contribution in [3.63, 3.8) is 0 Å². The summed E-state index contributed by atoms with van der Waals surface area (Å²) in [5.74, 6) is -2.02. The van der Waals surface area contributed by atoms with Gasteiger partial charge < -0.3 is 95.2 Å². The molecule has 16 atom stereocenters. The average molecular weight is 1830 g/mol. The molecule has 23 heteroatoms. The molecule has 2 saturated heterocycles. The second kappa shape index (κ2) is 89.5. The van der Waals surface area contributed by atoms with E-state index in [1.54, 1.807) is 6.92 Å². The lowest BCUT2D eigenvalue weighted by Crippen LogP contribution is -2.60. The number of nitrogens with one attached hydrogen (secondary N) is 2. The largest absolute Gasteiger partial charge is 0.463 e. The third kappa shape index (κ3) is 69.1. The first-order chi connectivity index (χ1) is 62.3. The van der Waals surface area contributed by atoms with E-state index in [1.165, 1.54) is 347 Å². The van der Waals surface area contributed by atoms with Crippen LogP contribution < -0.4 is 10.6 Å². The second-order valence-electron chi connectivity index (χ2n) is 38.4. The maximum atomic E-state index is 13.1. The van der Waals surface area contributed by atoms with Crippen molar-refractivity contribution in [3.8, 4) is 0 Å². The van der Waals surface area contributed by atoms with Crippen molar-refractivity contribution in [2.24, 2.45) is 0 Å². The molecule has 0 unspecified atom stereocenters. The number of hydrogen-bond acceptors (Lipinski definition) is 21. The van der Waals surface area contributed by atoms with Crippen LogP contribution >= 0.6 is 0 Å². The van der Waals surface area contributed by atoms with Gasteiger partial charge >= 0.3 is 11.9 Å². The molecular weight excluding hydrogens is 1630 g/mol. The molecule has 0 radical (unpaired) electrons. The number of aliphatic hydroxyl groups is 11. The first-order valence-electron chi connectivity index (χ1n) is 54.2. The van der Waals surface area contributed by atoms with Crippen LogP contribution in [0.25, 0.3) is 0 Å². The van der Waals surface area contributed by atoms with Gasteiger partial charge in [0.25, 0.3) is 0 Å². The van der Waals surface area contributed by atoms with Crippen molar-refractivity contribution in [3.05, 3.63) is 0 Å². The number of ether oxygens (including phenoxy) is 6. The van der Waals surface area contributed by atoms with E-state index in [4.69, 9.17) is 33.5 Å². The minimum atomic E-state index is -1.70. The van der Waals surface area contributed by atoms with E-state index in [0.29, 0.717) is 25.7 Å². The topological polar surface area (TPSA) is 370 Å². The predicted octanol–water partition coefficient (Wildman–Crippen LogP) is 21.5. The van der Waals surface area contributed by atoms with Crippen LogP contribution in [-0.2, 0) is 47.6 Å². The van der Waals surface area contributed by atoms with Gasteiger partial charge in [-0.15, -0.1) is 0 Å². The van der Waals surface area contributed by atoms with E-state index in [2.05, 4.69) is 38.3 Å². The molecule has 0 saturated carbocycles. The Morgan fingerprint density at radius 3 is 0.688 bits per heavy atom. The maximum absolute atomic E-state index is 13.1. The molecule has 128 heavy (non-hydrogen) atoms. The third-order valence-corrected chi connectivity index (χ3v) is 26.5. The van der Waals surface area contributed by atoms with Gasteiger partial charge in [-0.1, -0.05) is 471 Å². The van der Waals surface area contributed by atoms with Crippen molar-refractivity contribution in [2.45, 2.75) is 614 Å². The van der Waals surface area contributed by atoms with E-state index in [9.17, 15) is 70.2 Å². The Balaban J connectivity index is 0.00000128. The summed E-state index contributed by atoms with van der Waals surface area (Å²) >= 11 is 0. The molecule has 2 aliphatic heterocycles. The summed E-state index contributed by atoms with van der Waals surface area (Å²) < 4.78 is 32.8. The van der Waals surface area contributed by atoms with Crippen LogP contribution in [0, 0.1) is 0 Å². The van der Waals surface area contributed by atoms with Crippen molar-refractivity contribution < 1.29 is 104 Å². The minimum Gasteiger partial charge on any atom is -0.463 e. The summed E-state index contributed by atoms with van der Waals surface area (Å²) in [4.78, 5) is 49.5. The Morgan fingerprint density at radius 1 is 0.273 bits per heavy atom. The standard InChI is InChI=1S/C53H103NO10.C52H101NO11/c1-4-7-9-11-13-15-17-19-20-21-22-23-24-25-26-27-28-29-31-33-35-37-39-41-47(56)54-44(42-63-53-52(61)51(60)50(59)46(64-53)43-62-48(57)6-3)49(58)45(55)40-38-36-34-32-30-18-16-14-12-10-8-5-2;1-3-5-7-9-11-13-15-17-18-19-20-21-22-23-24-25-26-27-29-31-33-35-37-39-46(56)53-43(41-63-52-51(61)50(60)49(59)45(64-52)42-62-47(57)40-54)48(58)44(55)38-36-34-32-30-28-16-14-12-10-8-6-4-2/h44-46,49-53,55,58-61H,4-43H2,1-3H3,(H,54,56);43-45,48-52,54-55,58-61H,3-42H2,1-2H3,(H,53,56)/t44-,45+,46+,49-,50-,51-,52+,53-;43-,44+,45+,48-,49-,50-,51+,52-/m00/s1. The molecular formula is C105H204N2O21. The van der Waals surface area contributed by atoms with E-state index < -0.39 is 123 Å². The molecule has 0 aromatic heterocycles. The van der Waals surface area contributed by atoms with Gasteiger partial charge in [0.05, 0.1) is 37.5 Å². The van der Waals surface area contributed by atoms with Crippen LogP contribution in [-0.4, -0.2) is 211 Å². The minimum absolute atomic E-state index is 0.119. The van der Waals surface area contributed by atoms with E-state index in [1.807, 2.05) is 0 Å². The molecule has 0 bridgehead atoms. The third-order valence-electron chi connectivity index (χ3n) is 26.5. The van der Waals surface area contributed by atoms with Crippen LogP contribution in [0.1, 0.15) is 516 Å². The molecule has 23 nitrogen and oxygen atoms in total. The van der Waals surface area contributed by atoms with Crippen LogP contribution in [0.5, 0.6) is 0 Å². The van der Waals surface area contributed by atoms with Crippen LogP contribution in [0.4, 0.5) is 0 Å². The molecule has 2 heterocycles. The molecule has 0 aromatic carbocycles. The number of carbonyl (C=O) groups is 4. The van der Waals surface area contributed by atoms with Gasteiger partial charge in [-0.2, -0.15) is 0 Å². The predicted molar refractivity (Wildman–Crippen MR) is 517 cm³/mol. The molecule has 0 spiro atoms. The first-order valence-corrected chi connectivity index (χ1v) is 54.2. The fourth-order valence-corrected chi connectivity index (χ4v) is 17.7. The smallest absolute Gasteiger partial charge is 0.331 e. The number of esters is 2. The summed E-state index contributed by atoms with van der Waals surface area (Å²) in [7, 11) is 0. The Kier molecular flexibility index (Phi) is 86.2. The van der Waals surface area contributed by atoms with Crippen molar-refractivity contribution >= 4 is 23.8 Å². The normalized spacial score (nSPS) is 20.3. The van der Waals surface area contributed by atoms with Gasteiger partial charge in [-0.3, -0.25) is 14.4 Å². The van der Waals surface area contributed by atoms with E-state index in [0.717, 1.165) is 89.9 Å².